The topological polar surface area (TPSA) is 21.3 Å². The van der Waals surface area contributed by atoms with Crippen LogP contribution in [-0.4, -0.2) is 25.3 Å². The summed E-state index contributed by atoms with van der Waals surface area (Å²) in [5, 5.41) is 3.64. The van der Waals surface area contributed by atoms with Crippen LogP contribution in [0.4, 0.5) is 0 Å². The summed E-state index contributed by atoms with van der Waals surface area (Å²) in [7, 11) is 0. The minimum atomic E-state index is 0.667. The van der Waals surface area contributed by atoms with Crippen LogP contribution < -0.4 is 5.32 Å². The van der Waals surface area contributed by atoms with Gasteiger partial charge in [0.15, 0.2) is 0 Å². The van der Waals surface area contributed by atoms with E-state index in [1.165, 1.54) is 19.3 Å². The Labute approximate surface area is 68.3 Å². The zero-order valence-electron chi connectivity index (χ0n) is 7.18. The first-order valence-corrected chi connectivity index (χ1v) is 4.70. The highest BCUT2D eigenvalue weighted by molar-refractivity contribution is 4.85. The average Bonchev–Trinajstić information content (AvgIpc) is 2.27. The second kappa shape index (κ2) is 3.11. The minimum Gasteiger partial charge on any atom is -0.378 e. The predicted molar refractivity (Wildman–Crippen MR) is 44.5 cm³/mol. The van der Waals surface area contributed by atoms with E-state index < -0.39 is 0 Å². The maximum atomic E-state index is 5.12. The van der Waals surface area contributed by atoms with Gasteiger partial charge in [-0.15, -0.1) is 0 Å². The Balaban J connectivity index is 1.75. The Morgan fingerprint density at radius 2 is 2.09 bits per heavy atom. The van der Waals surface area contributed by atoms with E-state index in [4.69, 9.17) is 4.74 Å². The average molecular weight is 155 g/mol. The van der Waals surface area contributed by atoms with Crippen LogP contribution in [0, 0.1) is 5.92 Å². The zero-order valence-corrected chi connectivity index (χ0v) is 7.18. The maximum absolute atomic E-state index is 5.12. The van der Waals surface area contributed by atoms with Crippen molar-refractivity contribution in [3.8, 4) is 0 Å². The first-order chi connectivity index (χ1) is 5.36. The molecular weight excluding hydrogens is 138 g/mol. The van der Waals surface area contributed by atoms with Gasteiger partial charge in [0.2, 0.25) is 0 Å². The van der Waals surface area contributed by atoms with Crippen LogP contribution in [-0.2, 0) is 4.74 Å². The molecule has 1 saturated heterocycles. The highest BCUT2D eigenvalue weighted by Gasteiger charge is 2.28. The largest absolute Gasteiger partial charge is 0.378 e. The number of hydrogen-bond acceptors (Lipinski definition) is 2. The number of ether oxygens (including phenoxy) is 1. The van der Waals surface area contributed by atoms with Gasteiger partial charge in [0, 0.05) is 6.04 Å². The molecule has 0 aromatic heterocycles. The normalized spacial score (nSPS) is 39.0. The molecule has 2 atom stereocenters. The van der Waals surface area contributed by atoms with Crippen molar-refractivity contribution in [2.24, 2.45) is 5.92 Å². The molecule has 0 radical (unpaired) electrons. The Morgan fingerprint density at radius 3 is 2.55 bits per heavy atom. The van der Waals surface area contributed by atoms with Crippen LogP contribution in [0.3, 0.4) is 0 Å². The van der Waals surface area contributed by atoms with Gasteiger partial charge in [0.1, 0.15) is 0 Å². The van der Waals surface area contributed by atoms with Gasteiger partial charge in [-0.2, -0.15) is 0 Å². The van der Waals surface area contributed by atoms with Crippen molar-refractivity contribution in [1.29, 1.82) is 0 Å². The summed E-state index contributed by atoms with van der Waals surface area (Å²) in [6.07, 6.45) is 4.19. The minimum absolute atomic E-state index is 0.667. The van der Waals surface area contributed by atoms with E-state index in [1.807, 2.05) is 0 Å². The second-order valence-corrected chi connectivity index (χ2v) is 3.92. The van der Waals surface area contributed by atoms with Gasteiger partial charge in [-0.05, 0) is 18.8 Å². The van der Waals surface area contributed by atoms with E-state index in [0.717, 1.165) is 25.2 Å². The van der Waals surface area contributed by atoms with E-state index in [1.54, 1.807) is 0 Å². The van der Waals surface area contributed by atoms with Crippen molar-refractivity contribution >= 4 is 0 Å². The van der Waals surface area contributed by atoms with E-state index in [-0.39, 0.29) is 0 Å². The molecule has 11 heavy (non-hydrogen) atoms. The van der Waals surface area contributed by atoms with Gasteiger partial charge in [-0.25, -0.2) is 0 Å². The lowest BCUT2D eigenvalue weighted by Gasteiger charge is -2.31. The maximum Gasteiger partial charge on any atom is 0.0643 e. The van der Waals surface area contributed by atoms with Crippen molar-refractivity contribution < 1.29 is 4.74 Å². The fourth-order valence-corrected chi connectivity index (χ4v) is 2.03. The molecule has 2 nitrogen and oxygen atoms in total. The molecule has 1 aliphatic heterocycles. The molecule has 1 saturated carbocycles. The van der Waals surface area contributed by atoms with E-state index in [0.29, 0.717) is 6.04 Å². The van der Waals surface area contributed by atoms with Crippen molar-refractivity contribution in [3.63, 3.8) is 0 Å². The highest BCUT2D eigenvalue weighted by atomic mass is 16.5. The Kier molecular flexibility index (Phi) is 2.14. The lowest BCUT2D eigenvalue weighted by Crippen LogP contribution is -2.51. The second-order valence-electron chi connectivity index (χ2n) is 3.92. The van der Waals surface area contributed by atoms with Gasteiger partial charge in [-0.3, -0.25) is 0 Å². The van der Waals surface area contributed by atoms with Gasteiger partial charge in [-0.1, -0.05) is 13.3 Å². The molecular formula is C9H17NO. The zero-order chi connectivity index (χ0) is 7.68. The third-order valence-corrected chi connectivity index (χ3v) is 2.95. The molecule has 0 amide bonds. The van der Waals surface area contributed by atoms with E-state index in [2.05, 4.69) is 12.2 Å². The monoisotopic (exact) mass is 155 g/mol. The molecule has 2 rings (SSSR count). The predicted octanol–water partition coefficient (Wildman–Crippen LogP) is 1.16. The Morgan fingerprint density at radius 1 is 1.27 bits per heavy atom. The molecule has 1 N–H and O–H groups in total. The summed E-state index contributed by atoms with van der Waals surface area (Å²) in [6, 6.07) is 1.45. The molecule has 2 unspecified atom stereocenters. The summed E-state index contributed by atoms with van der Waals surface area (Å²) < 4.78 is 5.12. The summed E-state index contributed by atoms with van der Waals surface area (Å²) in [6.45, 7) is 4.22. The summed E-state index contributed by atoms with van der Waals surface area (Å²) >= 11 is 0. The smallest absolute Gasteiger partial charge is 0.0643 e. The molecule has 2 fully saturated rings. The number of nitrogens with one attached hydrogen (secondary N) is 1. The van der Waals surface area contributed by atoms with Crippen LogP contribution in [0.15, 0.2) is 0 Å². The van der Waals surface area contributed by atoms with E-state index >= 15 is 0 Å². The number of rotatable bonds is 2. The molecule has 0 spiro atoms. The molecule has 2 heteroatoms. The Hall–Kier alpha value is -0.0800. The van der Waals surface area contributed by atoms with Gasteiger partial charge in [0.05, 0.1) is 19.3 Å². The molecule has 0 aromatic rings. The summed E-state index contributed by atoms with van der Waals surface area (Å²) in [5.74, 6) is 0.885. The van der Waals surface area contributed by atoms with Crippen LogP contribution >= 0.6 is 0 Å². The fraction of sp³-hybridized carbons (Fsp3) is 1.00. The van der Waals surface area contributed by atoms with Crippen LogP contribution in [0.5, 0.6) is 0 Å². The van der Waals surface area contributed by atoms with Crippen molar-refractivity contribution in [1.82, 2.24) is 5.32 Å². The van der Waals surface area contributed by atoms with Crippen LogP contribution in [0.2, 0.25) is 0 Å². The van der Waals surface area contributed by atoms with Crippen molar-refractivity contribution in [2.45, 2.75) is 38.3 Å². The first kappa shape index (κ1) is 7.56. The number of hydrogen-bond donors (Lipinski definition) is 1. The summed E-state index contributed by atoms with van der Waals surface area (Å²) in [4.78, 5) is 0. The molecule has 1 aliphatic carbocycles. The third-order valence-electron chi connectivity index (χ3n) is 2.95. The molecule has 0 aromatic carbocycles. The fourth-order valence-electron chi connectivity index (χ4n) is 2.03. The van der Waals surface area contributed by atoms with Crippen molar-refractivity contribution in [3.05, 3.63) is 0 Å². The highest BCUT2D eigenvalue weighted by Crippen LogP contribution is 2.25. The standard InChI is InChI=1S/C9H17NO/c1-7-3-2-4-9(7)10-8-5-11-6-8/h7-10H,2-6H2,1H3. The van der Waals surface area contributed by atoms with Gasteiger partial charge >= 0.3 is 0 Å². The molecule has 2 aliphatic rings. The van der Waals surface area contributed by atoms with Gasteiger partial charge < -0.3 is 10.1 Å². The lowest BCUT2D eigenvalue weighted by atomic mass is 10.1. The lowest BCUT2D eigenvalue weighted by molar-refractivity contribution is -0.0115. The van der Waals surface area contributed by atoms with Gasteiger partial charge in [0.25, 0.3) is 0 Å². The van der Waals surface area contributed by atoms with E-state index in [9.17, 15) is 0 Å². The van der Waals surface area contributed by atoms with Crippen molar-refractivity contribution in [2.75, 3.05) is 13.2 Å². The summed E-state index contributed by atoms with van der Waals surface area (Å²) in [5.41, 5.74) is 0. The molecule has 64 valence electrons. The van der Waals surface area contributed by atoms with Crippen LogP contribution in [0.1, 0.15) is 26.2 Å². The SMILES string of the molecule is CC1CCCC1NC1COC1. The molecule has 1 heterocycles. The molecule has 0 bridgehead atoms. The van der Waals surface area contributed by atoms with Crippen LogP contribution in [0.25, 0.3) is 0 Å². The quantitative estimate of drug-likeness (QED) is 0.646. The third kappa shape index (κ3) is 1.57. The Bertz CT molecular complexity index is 134. The first-order valence-electron chi connectivity index (χ1n) is 4.70.